The van der Waals surface area contributed by atoms with Gasteiger partial charge in [-0.3, -0.25) is 4.90 Å². The summed E-state index contributed by atoms with van der Waals surface area (Å²) in [6.07, 6.45) is 2.04. The molecular weight excluding hydrogens is 322 g/mol. The highest BCUT2D eigenvalue weighted by Gasteiger charge is 2.36. The highest BCUT2D eigenvalue weighted by molar-refractivity contribution is 5.30. The van der Waals surface area contributed by atoms with Gasteiger partial charge in [-0.2, -0.15) is 0 Å². The Balaban J connectivity index is 1.52. The number of hydrogen-bond acceptors (Lipinski definition) is 4. The second-order valence-electron chi connectivity index (χ2n) is 7.07. The fourth-order valence-electron chi connectivity index (χ4n) is 3.90. The van der Waals surface area contributed by atoms with Crippen LogP contribution >= 0.6 is 0 Å². The summed E-state index contributed by atoms with van der Waals surface area (Å²) in [5.74, 6) is 0.955. The van der Waals surface area contributed by atoms with Crippen LogP contribution in [0.4, 0.5) is 0 Å². The molecule has 2 N–H and O–H groups in total. The van der Waals surface area contributed by atoms with Crippen molar-refractivity contribution in [3.8, 4) is 5.69 Å². The van der Waals surface area contributed by atoms with E-state index in [-0.39, 0.29) is 6.04 Å². The maximum Gasteiger partial charge on any atom is 0.1000 e. The van der Waals surface area contributed by atoms with E-state index in [4.69, 9.17) is 5.73 Å². The van der Waals surface area contributed by atoms with Crippen molar-refractivity contribution < 1.29 is 0 Å². The average Bonchev–Trinajstić information content (AvgIpc) is 3.36. The van der Waals surface area contributed by atoms with Crippen molar-refractivity contribution in [1.82, 2.24) is 19.9 Å². The predicted molar refractivity (Wildman–Crippen MR) is 103 cm³/mol. The molecule has 1 saturated heterocycles. The van der Waals surface area contributed by atoms with Crippen LogP contribution in [0.15, 0.2) is 66.9 Å². The Bertz CT molecular complexity index is 830. The van der Waals surface area contributed by atoms with E-state index < -0.39 is 0 Å². The molecule has 3 atom stereocenters. The summed E-state index contributed by atoms with van der Waals surface area (Å²) in [5.41, 5.74) is 9.49. The summed E-state index contributed by atoms with van der Waals surface area (Å²) in [6, 6.07) is 21.0. The number of nitrogens with two attached hydrogens (primary N) is 1. The molecule has 0 amide bonds. The fourth-order valence-corrected chi connectivity index (χ4v) is 3.90. The van der Waals surface area contributed by atoms with Crippen LogP contribution in [0.1, 0.15) is 30.1 Å². The number of rotatable bonds is 5. The van der Waals surface area contributed by atoms with Gasteiger partial charge in [0, 0.05) is 19.0 Å². The summed E-state index contributed by atoms with van der Waals surface area (Å²) in [4.78, 5) is 2.48. The minimum atomic E-state index is 0.218. The van der Waals surface area contributed by atoms with Gasteiger partial charge in [-0.15, -0.1) is 5.10 Å². The molecule has 0 spiro atoms. The van der Waals surface area contributed by atoms with Gasteiger partial charge in [0.1, 0.15) is 0 Å². The van der Waals surface area contributed by atoms with Crippen molar-refractivity contribution in [3.05, 3.63) is 78.1 Å². The Morgan fingerprint density at radius 2 is 1.73 bits per heavy atom. The lowest BCUT2D eigenvalue weighted by Crippen LogP contribution is -2.26. The van der Waals surface area contributed by atoms with Gasteiger partial charge in [0.25, 0.3) is 0 Å². The minimum absolute atomic E-state index is 0.218. The molecule has 0 aliphatic carbocycles. The quantitative estimate of drug-likeness (QED) is 0.771. The molecule has 0 bridgehead atoms. The van der Waals surface area contributed by atoms with Crippen LogP contribution in [0.5, 0.6) is 0 Å². The molecular formula is C21H25N5. The van der Waals surface area contributed by atoms with E-state index in [2.05, 4.69) is 52.5 Å². The minimum Gasteiger partial charge on any atom is -0.330 e. The molecule has 5 nitrogen and oxygen atoms in total. The highest BCUT2D eigenvalue weighted by atomic mass is 15.4. The maximum atomic E-state index is 6.08. The molecule has 26 heavy (non-hydrogen) atoms. The summed E-state index contributed by atoms with van der Waals surface area (Å²) in [6.45, 7) is 4.92. The summed E-state index contributed by atoms with van der Waals surface area (Å²) in [5, 5.41) is 8.74. The first-order valence-corrected chi connectivity index (χ1v) is 9.23. The first-order chi connectivity index (χ1) is 12.8. The molecule has 1 aromatic heterocycles. The van der Waals surface area contributed by atoms with Gasteiger partial charge in [-0.25, -0.2) is 4.68 Å². The normalized spacial score (nSPS) is 21.8. The van der Waals surface area contributed by atoms with E-state index in [9.17, 15) is 0 Å². The van der Waals surface area contributed by atoms with Crippen LogP contribution in [0, 0.1) is 5.92 Å². The van der Waals surface area contributed by atoms with Crippen LogP contribution < -0.4 is 5.73 Å². The van der Waals surface area contributed by atoms with Crippen molar-refractivity contribution in [2.24, 2.45) is 11.7 Å². The molecule has 5 heteroatoms. The maximum absolute atomic E-state index is 6.08. The Morgan fingerprint density at radius 3 is 2.42 bits per heavy atom. The highest BCUT2D eigenvalue weighted by Crippen LogP contribution is 2.36. The van der Waals surface area contributed by atoms with E-state index in [0.29, 0.717) is 18.4 Å². The Labute approximate surface area is 154 Å². The zero-order valence-corrected chi connectivity index (χ0v) is 15.1. The molecule has 1 fully saturated rings. The molecule has 1 aliphatic heterocycles. The molecule has 0 saturated carbocycles. The van der Waals surface area contributed by atoms with Crippen LogP contribution in [-0.2, 0) is 0 Å². The smallest absolute Gasteiger partial charge is 0.1000 e. The van der Waals surface area contributed by atoms with Gasteiger partial charge >= 0.3 is 0 Å². The van der Waals surface area contributed by atoms with Crippen molar-refractivity contribution >= 4 is 0 Å². The van der Waals surface area contributed by atoms with Crippen LogP contribution in [0.3, 0.4) is 0 Å². The summed E-state index contributed by atoms with van der Waals surface area (Å²) in [7, 11) is 0. The van der Waals surface area contributed by atoms with Crippen molar-refractivity contribution in [2.45, 2.75) is 18.9 Å². The summed E-state index contributed by atoms with van der Waals surface area (Å²) >= 11 is 0. The molecule has 4 rings (SSSR count). The van der Waals surface area contributed by atoms with E-state index >= 15 is 0 Å². The number of nitrogens with zero attached hydrogens (tertiary/aromatic N) is 4. The van der Waals surface area contributed by atoms with Crippen molar-refractivity contribution in [3.63, 3.8) is 0 Å². The van der Waals surface area contributed by atoms with Gasteiger partial charge < -0.3 is 5.73 Å². The third kappa shape index (κ3) is 3.28. The van der Waals surface area contributed by atoms with E-state index in [1.54, 1.807) is 0 Å². The molecule has 1 unspecified atom stereocenters. The average molecular weight is 347 g/mol. The van der Waals surface area contributed by atoms with Crippen molar-refractivity contribution in [2.75, 3.05) is 19.6 Å². The molecule has 2 heterocycles. The lowest BCUT2D eigenvalue weighted by molar-refractivity contribution is 0.248. The SMILES string of the molecule is CC(c1cn(-c2ccccc2)nn1)N1C[C@@H](CN)[C@H](c2ccccc2)C1. The molecule has 3 aromatic rings. The molecule has 1 aliphatic rings. The second kappa shape index (κ2) is 7.40. The third-order valence-corrected chi connectivity index (χ3v) is 5.51. The molecule has 134 valence electrons. The number of para-hydroxylation sites is 1. The lowest BCUT2D eigenvalue weighted by atomic mass is 9.89. The van der Waals surface area contributed by atoms with E-state index in [1.807, 2.05) is 41.2 Å². The Morgan fingerprint density at radius 1 is 1.04 bits per heavy atom. The number of hydrogen-bond donors (Lipinski definition) is 1. The lowest BCUT2D eigenvalue weighted by Gasteiger charge is -2.22. The first-order valence-electron chi connectivity index (χ1n) is 9.23. The second-order valence-corrected chi connectivity index (χ2v) is 7.07. The summed E-state index contributed by atoms with van der Waals surface area (Å²) < 4.78 is 1.84. The zero-order chi connectivity index (χ0) is 17.9. The van der Waals surface area contributed by atoms with Gasteiger partial charge in [-0.1, -0.05) is 53.7 Å². The third-order valence-electron chi connectivity index (χ3n) is 5.51. The Hall–Kier alpha value is -2.50. The monoisotopic (exact) mass is 347 g/mol. The number of benzene rings is 2. The van der Waals surface area contributed by atoms with E-state index in [0.717, 1.165) is 24.5 Å². The molecule has 0 radical (unpaired) electrons. The molecule has 2 aromatic carbocycles. The van der Waals surface area contributed by atoms with Gasteiger partial charge in [0.2, 0.25) is 0 Å². The van der Waals surface area contributed by atoms with Gasteiger partial charge in [-0.05, 0) is 37.1 Å². The zero-order valence-electron chi connectivity index (χ0n) is 15.1. The predicted octanol–water partition coefficient (Wildman–Crippen LogP) is 3.00. The standard InChI is InChI=1S/C21H25N5/c1-16(21-15-26(24-23-21)19-10-6-3-7-11-19)25-13-18(12-22)20(14-25)17-8-4-2-5-9-17/h2-11,15-16,18,20H,12-14,22H2,1H3/t16?,18-,20+/m1/s1. The van der Waals surface area contributed by atoms with Crippen LogP contribution in [0.25, 0.3) is 5.69 Å². The first kappa shape index (κ1) is 16.9. The fraction of sp³-hybridized carbons (Fsp3) is 0.333. The van der Waals surface area contributed by atoms with E-state index in [1.165, 1.54) is 5.56 Å². The largest absolute Gasteiger partial charge is 0.330 e. The van der Waals surface area contributed by atoms with Crippen molar-refractivity contribution in [1.29, 1.82) is 0 Å². The van der Waals surface area contributed by atoms with Crippen LogP contribution in [-0.4, -0.2) is 39.5 Å². The van der Waals surface area contributed by atoms with Gasteiger partial charge in [0.15, 0.2) is 0 Å². The number of aromatic nitrogens is 3. The topological polar surface area (TPSA) is 60.0 Å². The Kier molecular flexibility index (Phi) is 4.82. The number of likely N-dealkylation sites (tertiary alicyclic amines) is 1. The van der Waals surface area contributed by atoms with Gasteiger partial charge in [0.05, 0.1) is 23.6 Å². The van der Waals surface area contributed by atoms with Crippen LogP contribution in [0.2, 0.25) is 0 Å².